The number of alkyl halides is 3. The molecule has 1 atom stereocenters. The van der Waals surface area contributed by atoms with Gasteiger partial charge in [-0.05, 0) is 0 Å². The molecule has 0 aromatic heterocycles. The fourth-order valence-corrected chi connectivity index (χ4v) is 0.552. The molecule has 0 N–H and O–H groups in total. The first-order valence-electron chi connectivity index (χ1n) is 2.45. The molecule has 1 aliphatic rings. The number of rotatable bonds is 0. The Morgan fingerprint density at radius 1 is 1.33 bits per heavy atom. The van der Waals surface area contributed by atoms with Crippen molar-refractivity contribution < 1.29 is 22.9 Å². The minimum Gasteiger partial charge on any atom is -0.236 e. The summed E-state index contributed by atoms with van der Waals surface area (Å²) in [5, 5.41) is 0. The zero-order valence-electron chi connectivity index (χ0n) is 4.44. The van der Waals surface area contributed by atoms with E-state index in [1.54, 1.807) is 0 Å². The zero-order chi connectivity index (χ0) is 6.91. The van der Waals surface area contributed by atoms with E-state index >= 15 is 0 Å². The van der Waals surface area contributed by atoms with Gasteiger partial charge < -0.3 is 0 Å². The van der Waals surface area contributed by atoms with E-state index in [0.29, 0.717) is 0 Å². The Balaban J connectivity index is 2.42. The standard InChI is InChI=1S/C4H5F3O2/c5-4(6,7)3-1-2-8-9-3/h3H,1-2H2. The van der Waals surface area contributed by atoms with E-state index in [9.17, 15) is 13.2 Å². The molecule has 0 radical (unpaired) electrons. The van der Waals surface area contributed by atoms with Crippen LogP contribution in [-0.4, -0.2) is 18.9 Å². The van der Waals surface area contributed by atoms with Gasteiger partial charge in [-0.2, -0.15) is 13.2 Å². The van der Waals surface area contributed by atoms with Crippen molar-refractivity contribution in [2.24, 2.45) is 0 Å². The Labute approximate surface area is 49.5 Å². The zero-order valence-corrected chi connectivity index (χ0v) is 4.44. The molecule has 0 spiro atoms. The van der Waals surface area contributed by atoms with Gasteiger partial charge in [0, 0.05) is 6.42 Å². The second kappa shape index (κ2) is 2.15. The van der Waals surface area contributed by atoms with Gasteiger partial charge in [0.25, 0.3) is 0 Å². The van der Waals surface area contributed by atoms with Crippen LogP contribution in [-0.2, 0) is 9.78 Å². The van der Waals surface area contributed by atoms with E-state index in [2.05, 4.69) is 9.78 Å². The predicted octanol–water partition coefficient (Wildman–Crippen LogP) is 1.27. The topological polar surface area (TPSA) is 18.5 Å². The number of hydrogen-bond acceptors (Lipinski definition) is 2. The summed E-state index contributed by atoms with van der Waals surface area (Å²) in [4.78, 5) is 7.96. The lowest BCUT2D eigenvalue weighted by Gasteiger charge is -2.09. The van der Waals surface area contributed by atoms with Crippen molar-refractivity contribution in [3.05, 3.63) is 0 Å². The van der Waals surface area contributed by atoms with Gasteiger partial charge in [-0.15, -0.1) is 0 Å². The van der Waals surface area contributed by atoms with Crippen LogP contribution in [0.25, 0.3) is 0 Å². The van der Waals surface area contributed by atoms with Crippen molar-refractivity contribution in [3.63, 3.8) is 0 Å². The normalized spacial score (nSPS) is 29.0. The van der Waals surface area contributed by atoms with Crippen molar-refractivity contribution in [2.75, 3.05) is 6.61 Å². The predicted molar refractivity (Wildman–Crippen MR) is 21.5 cm³/mol. The first-order valence-corrected chi connectivity index (χ1v) is 2.45. The molecule has 2 nitrogen and oxygen atoms in total. The van der Waals surface area contributed by atoms with E-state index in [4.69, 9.17) is 0 Å². The molecule has 1 heterocycles. The summed E-state index contributed by atoms with van der Waals surface area (Å²) in [6.45, 7) is 0.0319. The van der Waals surface area contributed by atoms with Crippen LogP contribution >= 0.6 is 0 Å². The maximum Gasteiger partial charge on any atom is 0.417 e. The molecule has 0 aromatic rings. The van der Waals surface area contributed by atoms with Gasteiger partial charge in [-0.3, -0.25) is 0 Å². The van der Waals surface area contributed by atoms with Gasteiger partial charge in [0.15, 0.2) is 6.10 Å². The average molecular weight is 142 g/mol. The molecule has 1 rings (SSSR count). The molecular weight excluding hydrogens is 137 g/mol. The highest BCUT2D eigenvalue weighted by Gasteiger charge is 2.43. The highest BCUT2D eigenvalue weighted by atomic mass is 19.4. The minimum absolute atomic E-state index is 0.0319. The van der Waals surface area contributed by atoms with E-state index in [1.807, 2.05) is 0 Å². The Morgan fingerprint density at radius 2 is 2.00 bits per heavy atom. The summed E-state index contributed by atoms with van der Waals surface area (Å²) in [6.07, 6.45) is -6.07. The van der Waals surface area contributed by atoms with Gasteiger partial charge in [-0.1, -0.05) is 0 Å². The van der Waals surface area contributed by atoms with Crippen molar-refractivity contribution in [1.82, 2.24) is 0 Å². The first-order chi connectivity index (χ1) is 4.11. The molecule has 1 aliphatic heterocycles. The molecule has 1 unspecified atom stereocenters. The van der Waals surface area contributed by atoms with Gasteiger partial charge >= 0.3 is 6.18 Å². The minimum atomic E-state index is -4.27. The highest BCUT2D eigenvalue weighted by molar-refractivity contribution is 4.67. The molecule has 54 valence electrons. The monoisotopic (exact) mass is 142 g/mol. The molecule has 0 aliphatic carbocycles. The molecule has 0 aromatic carbocycles. The van der Waals surface area contributed by atoms with E-state index < -0.39 is 12.3 Å². The molecule has 9 heavy (non-hydrogen) atoms. The van der Waals surface area contributed by atoms with Crippen LogP contribution in [0.2, 0.25) is 0 Å². The summed E-state index contributed by atoms with van der Waals surface area (Å²) in [5.74, 6) is 0. The second-order valence-corrected chi connectivity index (χ2v) is 1.74. The Hall–Kier alpha value is -0.290. The van der Waals surface area contributed by atoms with Crippen LogP contribution in [0.15, 0.2) is 0 Å². The quantitative estimate of drug-likeness (QED) is 0.474. The SMILES string of the molecule is FC(F)(F)C1CCOO1. The third-order valence-corrected chi connectivity index (χ3v) is 1.01. The lowest BCUT2D eigenvalue weighted by atomic mass is 10.3. The number of halogens is 3. The molecule has 0 bridgehead atoms. The molecule has 0 saturated carbocycles. The summed E-state index contributed by atoms with van der Waals surface area (Å²) >= 11 is 0. The smallest absolute Gasteiger partial charge is 0.236 e. The molecule has 1 saturated heterocycles. The van der Waals surface area contributed by atoms with Crippen molar-refractivity contribution in [2.45, 2.75) is 18.7 Å². The van der Waals surface area contributed by atoms with E-state index in [-0.39, 0.29) is 13.0 Å². The summed E-state index contributed by atoms with van der Waals surface area (Å²) in [5.41, 5.74) is 0. The van der Waals surface area contributed by atoms with Crippen molar-refractivity contribution in [1.29, 1.82) is 0 Å². The lowest BCUT2D eigenvalue weighted by Crippen LogP contribution is -2.27. The summed E-state index contributed by atoms with van der Waals surface area (Å²) in [6, 6.07) is 0. The average Bonchev–Trinajstić information content (AvgIpc) is 2.08. The first kappa shape index (κ1) is 6.82. The lowest BCUT2D eigenvalue weighted by molar-refractivity contribution is -0.334. The van der Waals surface area contributed by atoms with Gasteiger partial charge in [0.2, 0.25) is 0 Å². The molecule has 1 fully saturated rings. The Bertz CT molecular complexity index is 94.5. The van der Waals surface area contributed by atoms with Crippen LogP contribution in [0.4, 0.5) is 13.2 Å². The Kier molecular flexibility index (Phi) is 1.63. The maximum absolute atomic E-state index is 11.6. The van der Waals surface area contributed by atoms with Crippen LogP contribution in [0.3, 0.4) is 0 Å². The number of hydrogen-bond donors (Lipinski definition) is 0. The van der Waals surface area contributed by atoms with E-state index in [1.165, 1.54) is 0 Å². The van der Waals surface area contributed by atoms with Gasteiger partial charge in [0.05, 0.1) is 6.61 Å². The highest BCUT2D eigenvalue weighted by Crippen LogP contribution is 2.28. The van der Waals surface area contributed by atoms with Crippen LogP contribution in [0.1, 0.15) is 6.42 Å². The third kappa shape index (κ3) is 1.56. The van der Waals surface area contributed by atoms with Crippen LogP contribution in [0, 0.1) is 0 Å². The molecule has 5 heteroatoms. The van der Waals surface area contributed by atoms with Crippen LogP contribution in [0.5, 0.6) is 0 Å². The van der Waals surface area contributed by atoms with E-state index in [0.717, 1.165) is 0 Å². The second-order valence-electron chi connectivity index (χ2n) is 1.74. The van der Waals surface area contributed by atoms with Crippen molar-refractivity contribution >= 4 is 0 Å². The maximum atomic E-state index is 11.6. The fourth-order valence-electron chi connectivity index (χ4n) is 0.552. The summed E-state index contributed by atoms with van der Waals surface area (Å²) in [7, 11) is 0. The van der Waals surface area contributed by atoms with Crippen molar-refractivity contribution in [3.8, 4) is 0 Å². The molecular formula is C4H5F3O2. The Morgan fingerprint density at radius 3 is 2.22 bits per heavy atom. The van der Waals surface area contributed by atoms with Crippen LogP contribution < -0.4 is 0 Å². The third-order valence-electron chi connectivity index (χ3n) is 1.01. The van der Waals surface area contributed by atoms with Gasteiger partial charge in [-0.25, -0.2) is 9.78 Å². The fraction of sp³-hybridized carbons (Fsp3) is 1.00. The summed E-state index contributed by atoms with van der Waals surface area (Å²) < 4.78 is 34.7. The largest absolute Gasteiger partial charge is 0.417 e. The molecule has 0 amide bonds. The van der Waals surface area contributed by atoms with Gasteiger partial charge in [0.1, 0.15) is 0 Å².